The predicted molar refractivity (Wildman–Crippen MR) is 170 cm³/mol. The van der Waals surface area contributed by atoms with Crippen molar-refractivity contribution in [1.82, 2.24) is 30.0 Å². The molecule has 0 amide bonds. The molecule has 12 heteroatoms. The van der Waals surface area contributed by atoms with E-state index in [1.807, 2.05) is 24.9 Å². The maximum atomic E-state index is 16.9. The van der Waals surface area contributed by atoms with Gasteiger partial charge in [0.2, 0.25) is 0 Å². The van der Waals surface area contributed by atoms with Gasteiger partial charge in [0.1, 0.15) is 23.6 Å². The highest BCUT2D eigenvalue weighted by Crippen LogP contribution is 2.51. The lowest BCUT2D eigenvalue weighted by Crippen LogP contribution is -2.31. The molecule has 0 spiro atoms. The normalized spacial score (nSPS) is 20.9. The van der Waals surface area contributed by atoms with Crippen LogP contribution in [0.1, 0.15) is 63.4 Å². The Morgan fingerprint density at radius 2 is 2.09 bits per heavy atom. The molecular formula is C32H41ClFN7O3. The minimum Gasteiger partial charge on any atom is -0.462 e. The molecule has 1 aromatic carbocycles. The molecule has 2 fully saturated rings. The van der Waals surface area contributed by atoms with E-state index in [9.17, 15) is 5.11 Å². The van der Waals surface area contributed by atoms with Crippen molar-refractivity contribution in [3.63, 3.8) is 0 Å². The molecule has 4 aromatic rings. The van der Waals surface area contributed by atoms with Crippen LogP contribution < -0.4 is 9.64 Å². The third-order valence-electron chi connectivity index (χ3n) is 9.21. The van der Waals surface area contributed by atoms with Gasteiger partial charge in [0, 0.05) is 54.8 Å². The van der Waals surface area contributed by atoms with Crippen LogP contribution in [0, 0.1) is 5.82 Å². The summed E-state index contributed by atoms with van der Waals surface area (Å²) < 4.78 is 28.6. The fraction of sp³-hybridized carbons (Fsp3) is 0.562. The van der Waals surface area contributed by atoms with E-state index in [-0.39, 0.29) is 41.4 Å². The Morgan fingerprint density at radius 3 is 2.82 bits per heavy atom. The average Bonchev–Trinajstić information content (AvgIpc) is 3.44. The number of hydrogen-bond donors (Lipinski definition) is 2. The predicted octanol–water partition coefficient (Wildman–Crippen LogP) is 5.71. The Hall–Kier alpha value is -3.12. The number of nitrogens with one attached hydrogen (secondary N) is 1. The highest BCUT2D eigenvalue weighted by molar-refractivity contribution is 6.33. The van der Waals surface area contributed by atoms with Crippen molar-refractivity contribution in [3.05, 3.63) is 34.9 Å². The highest BCUT2D eigenvalue weighted by atomic mass is 35.5. The number of unbranched alkanes of at least 4 members (excludes halogenated alkanes) is 1. The molecule has 44 heavy (non-hydrogen) atoms. The second-order valence-electron chi connectivity index (χ2n) is 12.2. The Morgan fingerprint density at radius 1 is 1.25 bits per heavy atom. The van der Waals surface area contributed by atoms with E-state index in [4.69, 9.17) is 26.1 Å². The molecule has 0 bridgehead atoms. The van der Waals surface area contributed by atoms with Crippen LogP contribution in [-0.4, -0.2) is 94.3 Å². The lowest BCUT2D eigenvalue weighted by atomic mass is 9.95. The molecule has 1 aliphatic heterocycles. The first-order valence-corrected chi connectivity index (χ1v) is 16.0. The summed E-state index contributed by atoms with van der Waals surface area (Å²) in [6.45, 7) is 4.10. The SMILES string of the molecule is CCC(O)CCCCN(C)c1nc(OCC2CCCN2C)nc2c(F)c(-c3c(C4CC4OC)c(Cl)cc4[nH]ncc34)ncc12. The monoisotopic (exact) mass is 625 g/mol. The van der Waals surface area contributed by atoms with E-state index in [1.54, 1.807) is 19.5 Å². The topological polar surface area (TPSA) is 113 Å². The maximum absolute atomic E-state index is 16.9. The van der Waals surface area contributed by atoms with Crippen LogP contribution in [0.5, 0.6) is 6.01 Å². The number of likely N-dealkylation sites (tertiary alicyclic amines) is 1. The Balaban J connectivity index is 1.42. The van der Waals surface area contributed by atoms with Gasteiger partial charge in [0.15, 0.2) is 5.82 Å². The summed E-state index contributed by atoms with van der Waals surface area (Å²) in [5.74, 6) is 0.0218. The number of nitrogens with zero attached hydrogens (tertiary/aromatic N) is 6. The first kappa shape index (κ1) is 30.9. The number of fused-ring (bicyclic) bond motifs is 2. The first-order valence-electron chi connectivity index (χ1n) is 15.6. The fourth-order valence-corrected chi connectivity index (χ4v) is 6.72. The number of ether oxygens (including phenoxy) is 2. The summed E-state index contributed by atoms with van der Waals surface area (Å²) in [5, 5.41) is 18.9. The molecule has 0 radical (unpaired) electrons. The van der Waals surface area contributed by atoms with Crippen molar-refractivity contribution in [2.24, 2.45) is 0 Å². The van der Waals surface area contributed by atoms with E-state index in [0.29, 0.717) is 40.5 Å². The molecule has 3 aromatic heterocycles. The number of pyridine rings is 1. The smallest absolute Gasteiger partial charge is 0.319 e. The van der Waals surface area contributed by atoms with Gasteiger partial charge < -0.3 is 24.4 Å². The van der Waals surface area contributed by atoms with E-state index in [0.717, 1.165) is 62.4 Å². The molecular weight excluding hydrogens is 585 g/mol. The Kier molecular flexibility index (Phi) is 9.18. The second kappa shape index (κ2) is 13.1. The van der Waals surface area contributed by atoms with Crippen LogP contribution in [0.3, 0.4) is 0 Å². The summed E-state index contributed by atoms with van der Waals surface area (Å²) in [7, 11) is 5.69. The van der Waals surface area contributed by atoms with Gasteiger partial charge in [-0.3, -0.25) is 10.1 Å². The van der Waals surface area contributed by atoms with Gasteiger partial charge in [-0.1, -0.05) is 18.5 Å². The number of benzene rings is 1. The number of anilines is 1. The zero-order valence-corrected chi connectivity index (χ0v) is 26.6. The van der Waals surface area contributed by atoms with Crippen molar-refractivity contribution < 1.29 is 19.0 Å². The first-order chi connectivity index (χ1) is 21.3. The summed E-state index contributed by atoms with van der Waals surface area (Å²) in [6.07, 6.45) is 9.19. The number of likely N-dealkylation sites (N-methyl/N-ethyl adjacent to an activating group) is 1. The molecule has 2 aliphatic rings. The van der Waals surface area contributed by atoms with Crippen LogP contribution in [-0.2, 0) is 4.74 Å². The third-order valence-corrected chi connectivity index (χ3v) is 9.52. The number of rotatable bonds is 13. The molecule has 10 nitrogen and oxygen atoms in total. The van der Waals surface area contributed by atoms with Crippen LogP contribution in [0.4, 0.5) is 10.2 Å². The van der Waals surface area contributed by atoms with E-state index >= 15 is 4.39 Å². The van der Waals surface area contributed by atoms with Gasteiger partial charge >= 0.3 is 6.01 Å². The number of halogens is 2. The van der Waals surface area contributed by atoms with Crippen molar-refractivity contribution >= 4 is 39.2 Å². The van der Waals surface area contributed by atoms with Gasteiger partial charge in [-0.15, -0.1) is 0 Å². The van der Waals surface area contributed by atoms with Gasteiger partial charge in [-0.25, -0.2) is 4.39 Å². The van der Waals surface area contributed by atoms with Crippen molar-refractivity contribution in [2.75, 3.05) is 45.8 Å². The summed E-state index contributed by atoms with van der Waals surface area (Å²) >= 11 is 6.81. The van der Waals surface area contributed by atoms with Crippen LogP contribution in [0.2, 0.25) is 5.02 Å². The molecule has 4 heterocycles. The number of aliphatic hydroxyl groups excluding tert-OH is 1. The molecule has 236 valence electrons. The second-order valence-corrected chi connectivity index (χ2v) is 12.6. The van der Waals surface area contributed by atoms with Crippen molar-refractivity contribution in [3.8, 4) is 17.3 Å². The third kappa shape index (κ3) is 6.07. The van der Waals surface area contributed by atoms with E-state index in [1.165, 1.54) is 0 Å². The number of H-pyrrole nitrogens is 1. The number of hydrogen-bond acceptors (Lipinski definition) is 9. The molecule has 4 unspecified atom stereocenters. The lowest BCUT2D eigenvalue weighted by molar-refractivity contribution is 0.157. The van der Waals surface area contributed by atoms with Gasteiger partial charge in [-0.05, 0) is 70.2 Å². The fourth-order valence-electron chi connectivity index (χ4n) is 6.38. The van der Waals surface area contributed by atoms with Gasteiger partial charge in [0.05, 0.1) is 29.3 Å². The molecule has 4 atom stereocenters. The number of aromatic nitrogens is 5. The Labute approximate surface area is 261 Å². The minimum absolute atomic E-state index is 0.00820. The molecule has 1 saturated heterocycles. The van der Waals surface area contributed by atoms with Gasteiger partial charge in [0.25, 0.3) is 0 Å². The Bertz CT molecular complexity index is 1630. The number of methoxy groups -OCH3 is 1. The van der Waals surface area contributed by atoms with Crippen LogP contribution in [0.25, 0.3) is 33.1 Å². The number of aromatic amines is 1. The van der Waals surface area contributed by atoms with Crippen LogP contribution >= 0.6 is 11.6 Å². The summed E-state index contributed by atoms with van der Waals surface area (Å²) in [4.78, 5) is 18.3. The summed E-state index contributed by atoms with van der Waals surface area (Å²) in [6, 6.07) is 2.22. The molecule has 1 aliphatic carbocycles. The molecule has 6 rings (SSSR count). The maximum Gasteiger partial charge on any atom is 0.319 e. The van der Waals surface area contributed by atoms with Crippen molar-refractivity contribution in [1.29, 1.82) is 0 Å². The largest absolute Gasteiger partial charge is 0.462 e. The standard InChI is InChI=1S/C32H41ClFN7O3/c1-5-19(42)10-6-7-11-41(3)31-22-15-35-30(28(34)29(22)37-32(38-31)44-17-18-9-8-12-40(18)2)27-21-16-36-39-24(21)14-23(33)26(27)20-13-25(20)43-4/h14-16,18-20,25,42H,5-13,17H2,1-4H3,(H,36,39). The lowest BCUT2D eigenvalue weighted by Gasteiger charge is -2.22. The van der Waals surface area contributed by atoms with Crippen LogP contribution in [0.15, 0.2) is 18.5 Å². The number of aliphatic hydroxyl groups is 1. The molecule has 2 N–H and O–H groups in total. The van der Waals surface area contributed by atoms with Gasteiger partial charge in [-0.2, -0.15) is 15.1 Å². The zero-order chi connectivity index (χ0) is 31.0. The van der Waals surface area contributed by atoms with E-state index < -0.39 is 5.82 Å². The quantitative estimate of drug-likeness (QED) is 0.180. The van der Waals surface area contributed by atoms with E-state index in [2.05, 4.69) is 32.1 Å². The zero-order valence-electron chi connectivity index (χ0n) is 25.8. The highest BCUT2D eigenvalue weighted by Gasteiger charge is 2.42. The molecule has 1 saturated carbocycles. The minimum atomic E-state index is -0.561. The van der Waals surface area contributed by atoms with Crippen molar-refractivity contribution in [2.45, 2.75) is 76.0 Å². The average molecular weight is 626 g/mol. The summed E-state index contributed by atoms with van der Waals surface area (Å²) in [5.41, 5.74) is 2.41.